The van der Waals surface area contributed by atoms with E-state index < -0.39 is 5.97 Å². The van der Waals surface area contributed by atoms with Crippen LogP contribution in [0.1, 0.15) is 54.4 Å². The molecule has 0 atom stereocenters. The number of esters is 1. The van der Waals surface area contributed by atoms with Crippen molar-refractivity contribution < 1.29 is 33.6 Å². The number of aromatic hydroxyl groups is 1. The van der Waals surface area contributed by atoms with Gasteiger partial charge in [-0.2, -0.15) is 0 Å². The maximum Gasteiger partial charge on any atom is 0.343 e. The highest BCUT2D eigenvalue weighted by Gasteiger charge is 2.51. The zero-order valence-electron chi connectivity index (χ0n) is 22.6. The molecule has 0 unspecified atom stereocenters. The van der Waals surface area contributed by atoms with Crippen LogP contribution in [0.4, 0.5) is 0 Å². The van der Waals surface area contributed by atoms with Gasteiger partial charge in [-0.05, 0) is 97.6 Å². The predicted molar refractivity (Wildman–Crippen MR) is 147 cm³/mol. The molecule has 0 radical (unpaired) electrons. The molecule has 0 aromatic heterocycles. The van der Waals surface area contributed by atoms with Crippen molar-refractivity contribution in [1.29, 1.82) is 0 Å². The standard InChI is InChI=1S/C32H36O7/c1-35-8-9-37-19-38-29-7-6-24(32-16-20-10-21(17-32)12-22(11-20)18-32)15-30(29)39-31(34)23-13-26-25(27(33)14-23)4-3-5-28(26)36-2/h3-7,13-15,20-22,33H,8-12,16-19H2,1-2H3. The Morgan fingerprint density at radius 3 is 2.31 bits per heavy atom. The van der Waals surface area contributed by atoms with Gasteiger partial charge in [0.25, 0.3) is 0 Å². The number of methoxy groups -OCH3 is 2. The molecule has 0 heterocycles. The van der Waals surface area contributed by atoms with Gasteiger partial charge in [-0.25, -0.2) is 4.79 Å². The molecule has 4 saturated carbocycles. The fraction of sp³-hybridized carbons (Fsp3) is 0.469. The van der Waals surface area contributed by atoms with E-state index in [0.717, 1.165) is 17.8 Å². The van der Waals surface area contributed by atoms with E-state index in [4.69, 9.17) is 23.7 Å². The van der Waals surface area contributed by atoms with Crippen molar-refractivity contribution in [3.63, 3.8) is 0 Å². The first-order chi connectivity index (χ1) is 19.0. The summed E-state index contributed by atoms with van der Waals surface area (Å²) in [6.07, 6.45) is 7.67. The molecule has 39 heavy (non-hydrogen) atoms. The van der Waals surface area contributed by atoms with Crippen LogP contribution in [-0.4, -0.2) is 45.3 Å². The third-order valence-electron chi connectivity index (χ3n) is 8.92. The van der Waals surface area contributed by atoms with Gasteiger partial charge in [0.05, 0.1) is 25.9 Å². The van der Waals surface area contributed by atoms with Crippen molar-refractivity contribution >= 4 is 16.7 Å². The van der Waals surface area contributed by atoms with Crippen molar-refractivity contribution in [2.45, 2.75) is 43.9 Å². The zero-order valence-corrected chi connectivity index (χ0v) is 22.6. The molecule has 4 bridgehead atoms. The molecule has 4 aliphatic rings. The van der Waals surface area contributed by atoms with Gasteiger partial charge in [0.15, 0.2) is 18.3 Å². The Balaban J connectivity index is 1.31. The topological polar surface area (TPSA) is 83.5 Å². The first kappa shape index (κ1) is 26.0. The van der Waals surface area contributed by atoms with Crippen LogP contribution in [0.5, 0.6) is 23.0 Å². The molecule has 4 fully saturated rings. The van der Waals surface area contributed by atoms with E-state index in [0.29, 0.717) is 41.2 Å². The van der Waals surface area contributed by atoms with Crippen LogP contribution in [-0.2, 0) is 14.9 Å². The second kappa shape index (κ2) is 10.7. The van der Waals surface area contributed by atoms with E-state index in [-0.39, 0.29) is 23.5 Å². The average Bonchev–Trinajstić information content (AvgIpc) is 2.92. The van der Waals surface area contributed by atoms with Gasteiger partial charge in [0.2, 0.25) is 0 Å². The summed E-state index contributed by atoms with van der Waals surface area (Å²) in [5.74, 6) is 3.17. The van der Waals surface area contributed by atoms with Crippen LogP contribution >= 0.6 is 0 Å². The third kappa shape index (κ3) is 5.06. The maximum absolute atomic E-state index is 13.5. The minimum Gasteiger partial charge on any atom is -0.507 e. The van der Waals surface area contributed by atoms with Crippen LogP contribution in [0.15, 0.2) is 48.5 Å². The lowest BCUT2D eigenvalue weighted by Crippen LogP contribution is -2.48. The second-order valence-corrected chi connectivity index (χ2v) is 11.5. The second-order valence-electron chi connectivity index (χ2n) is 11.5. The number of carbonyl (C=O) groups excluding carboxylic acids is 1. The van der Waals surface area contributed by atoms with E-state index >= 15 is 0 Å². The van der Waals surface area contributed by atoms with Crippen LogP contribution in [0.25, 0.3) is 10.8 Å². The molecule has 3 aromatic carbocycles. The van der Waals surface area contributed by atoms with Gasteiger partial charge in [-0.3, -0.25) is 0 Å². The van der Waals surface area contributed by atoms with E-state index in [9.17, 15) is 9.90 Å². The summed E-state index contributed by atoms with van der Waals surface area (Å²) in [5.41, 5.74) is 1.59. The summed E-state index contributed by atoms with van der Waals surface area (Å²) in [6, 6.07) is 14.5. The van der Waals surface area contributed by atoms with E-state index in [1.165, 1.54) is 50.2 Å². The lowest BCUT2D eigenvalue weighted by atomic mass is 9.48. The highest BCUT2D eigenvalue weighted by Crippen LogP contribution is 2.61. The van der Waals surface area contributed by atoms with Gasteiger partial charge < -0.3 is 28.8 Å². The monoisotopic (exact) mass is 532 g/mol. The number of phenols is 1. The molecular formula is C32H36O7. The van der Waals surface area contributed by atoms with Crippen LogP contribution in [0, 0.1) is 17.8 Å². The Morgan fingerprint density at radius 2 is 1.62 bits per heavy atom. The Labute approximate surface area is 229 Å². The van der Waals surface area contributed by atoms with E-state index in [1.807, 2.05) is 12.1 Å². The minimum atomic E-state index is -0.578. The molecule has 7 heteroatoms. The molecule has 206 valence electrons. The summed E-state index contributed by atoms with van der Waals surface area (Å²) in [7, 11) is 3.18. The largest absolute Gasteiger partial charge is 0.507 e. The summed E-state index contributed by atoms with van der Waals surface area (Å²) in [5, 5.41) is 11.9. The maximum atomic E-state index is 13.5. The fourth-order valence-electron chi connectivity index (χ4n) is 7.60. The first-order valence-electron chi connectivity index (χ1n) is 13.8. The number of phenolic OH excluding ortho intramolecular Hbond substituents is 1. The van der Waals surface area contributed by atoms with Crippen molar-refractivity contribution in [2.75, 3.05) is 34.2 Å². The van der Waals surface area contributed by atoms with Gasteiger partial charge in [-0.15, -0.1) is 0 Å². The lowest BCUT2D eigenvalue weighted by Gasteiger charge is -2.57. The molecule has 0 aliphatic heterocycles. The van der Waals surface area contributed by atoms with Crippen molar-refractivity contribution in [1.82, 2.24) is 0 Å². The van der Waals surface area contributed by atoms with Crippen LogP contribution in [0.3, 0.4) is 0 Å². The van der Waals surface area contributed by atoms with Gasteiger partial charge in [0, 0.05) is 17.9 Å². The number of benzene rings is 3. The molecule has 0 spiro atoms. The molecule has 0 saturated heterocycles. The summed E-state index contributed by atoms with van der Waals surface area (Å²) < 4.78 is 27.9. The van der Waals surface area contributed by atoms with Crippen molar-refractivity contribution in [3.8, 4) is 23.0 Å². The van der Waals surface area contributed by atoms with Gasteiger partial charge in [-0.1, -0.05) is 18.2 Å². The minimum absolute atomic E-state index is 0.0105. The van der Waals surface area contributed by atoms with Crippen molar-refractivity contribution in [2.24, 2.45) is 17.8 Å². The highest BCUT2D eigenvalue weighted by atomic mass is 16.7. The molecular weight excluding hydrogens is 496 g/mol. The van der Waals surface area contributed by atoms with Crippen LogP contribution in [0.2, 0.25) is 0 Å². The number of hydrogen-bond acceptors (Lipinski definition) is 7. The molecule has 3 aromatic rings. The quantitative estimate of drug-likeness (QED) is 0.143. The Hall–Kier alpha value is -3.29. The number of hydrogen-bond donors (Lipinski definition) is 1. The lowest BCUT2D eigenvalue weighted by molar-refractivity contribution is -0.0102. The molecule has 7 rings (SSSR count). The van der Waals surface area contributed by atoms with E-state index in [1.54, 1.807) is 38.5 Å². The smallest absolute Gasteiger partial charge is 0.343 e. The van der Waals surface area contributed by atoms with Gasteiger partial charge in [0.1, 0.15) is 11.5 Å². The molecule has 0 amide bonds. The van der Waals surface area contributed by atoms with Crippen molar-refractivity contribution in [3.05, 3.63) is 59.7 Å². The fourth-order valence-corrected chi connectivity index (χ4v) is 7.60. The summed E-state index contributed by atoms with van der Waals surface area (Å²) >= 11 is 0. The Bertz CT molecular complexity index is 1330. The highest BCUT2D eigenvalue weighted by molar-refractivity contribution is 6.01. The van der Waals surface area contributed by atoms with E-state index in [2.05, 4.69) is 6.07 Å². The SMILES string of the molecule is COCCOCOc1ccc(C23CC4CC(CC(C4)C2)C3)cc1OC(=O)c1cc(O)c2cccc(OC)c2c1. The summed E-state index contributed by atoms with van der Waals surface area (Å²) in [4.78, 5) is 13.5. The normalized spacial score (nSPS) is 25.1. The molecule has 4 aliphatic carbocycles. The Kier molecular flexibility index (Phi) is 7.12. The molecule has 7 nitrogen and oxygen atoms in total. The average molecular weight is 533 g/mol. The number of carbonyl (C=O) groups is 1. The number of fused-ring (bicyclic) bond motifs is 1. The molecule has 1 N–H and O–H groups in total. The third-order valence-corrected chi connectivity index (χ3v) is 8.92. The zero-order chi connectivity index (χ0) is 27.0. The predicted octanol–water partition coefficient (Wildman–Crippen LogP) is 6.24. The number of ether oxygens (including phenoxy) is 5. The Morgan fingerprint density at radius 1 is 0.872 bits per heavy atom. The summed E-state index contributed by atoms with van der Waals surface area (Å²) in [6.45, 7) is 0.874. The van der Waals surface area contributed by atoms with Crippen LogP contribution < -0.4 is 14.2 Å². The number of rotatable bonds is 10. The first-order valence-corrected chi connectivity index (χ1v) is 13.8. The van der Waals surface area contributed by atoms with Gasteiger partial charge >= 0.3 is 5.97 Å².